The predicted molar refractivity (Wildman–Crippen MR) is 80.9 cm³/mol. The van der Waals surface area contributed by atoms with Crippen LogP contribution in [-0.4, -0.2) is 37.0 Å². The molecule has 0 radical (unpaired) electrons. The SMILES string of the molecule is CCNC(=NCCc1ccco1)N1CCC2(CCC2)C1. The van der Waals surface area contributed by atoms with Gasteiger partial charge in [0.05, 0.1) is 6.26 Å². The zero-order chi connectivity index (χ0) is 13.8. The summed E-state index contributed by atoms with van der Waals surface area (Å²) >= 11 is 0. The summed E-state index contributed by atoms with van der Waals surface area (Å²) in [5, 5.41) is 3.44. The Bertz CT molecular complexity index is 448. The minimum Gasteiger partial charge on any atom is -0.469 e. The largest absolute Gasteiger partial charge is 0.469 e. The standard InChI is InChI=1S/C16H25N3O/c1-2-17-15(18-10-6-14-5-3-12-20-14)19-11-9-16(13-19)7-4-8-16/h3,5,12H,2,4,6-11,13H2,1H3,(H,17,18). The third-order valence-electron chi connectivity index (χ3n) is 4.69. The second-order valence-corrected chi connectivity index (χ2v) is 6.09. The molecule has 1 aliphatic carbocycles. The van der Waals surface area contributed by atoms with Crippen LogP contribution in [0.5, 0.6) is 0 Å². The number of nitrogens with one attached hydrogen (secondary N) is 1. The summed E-state index contributed by atoms with van der Waals surface area (Å²) in [5.41, 5.74) is 0.622. The quantitative estimate of drug-likeness (QED) is 0.678. The van der Waals surface area contributed by atoms with Gasteiger partial charge in [0, 0.05) is 32.6 Å². The first kappa shape index (κ1) is 13.5. The molecule has 4 heteroatoms. The van der Waals surface area contributed by atoms with Crippen molar-refractivity contribution in [3.63, 3.8) is 0 Å². The van der Waals surface area contributed by atoms with Crippen molar-refractivity contribution in [3.05, 3.63) is 24.2 Å². The smallest absolute Gasteiger partial charge is 0.193 e. The van der Waals surface area contributed by atoms with Crippen molar-refractivity contribution >= 4 is 5.96 Å². The number of nitrogens with zero attached hydrogens (tertiary/aromatic N) is 2. The Balaban J connectivity index is 1.57. The highest BCUT2D eigenvalue weighted by Crippen LogP contribution is 2.47. The average molecular weight is 275 g/mol. The monoisotopic (exact) mass is 275 g/mol. The molecule has 1 saturated carbocycles. The molecule has 0 atom stereocenters. The maximum Gasteiger partial charge on any atom is 0.193 e. The van der Waals surface area contributed by atoms with E-state index in [1.807, 2.05) is 12.1 Å². The molecule has 2 fully saturated rings. The van der Waals surface area contributed by atoms with Crippen LogP contribution >= 0.6 is 0 Å². The van der Waals surface area contributed by atoms with E-state index < -0.39 is 0 Å². The van der Waals surface area contributed by atoms with Crippen LogP contribution < -0.4 is 5.32 Å². The highest BCUT2D eigenvalue weighted by atomic mass is 16.3. The number of hydrogen-bond acceptors (Lipinski definition) is 2. The Hall–Kier alpha value is -1.45. The lowest BCUT2D eigenvalue weighted by atomic mass is 9.68. The summed E-state index contributed by atoms with van der Waals surface area (Å²) in [6.45, 7) is 6.21. The van der Waals surface area contributed by atoms with E-state index in [-0.39, 0.29) is 0 Å². The number of likely N-dealkylation sites (tertiary alicyclic amines) is 1. The van der Waals surface area contributed by atoms with Crippen LogP contribution in [0.15, 0.2) is 27.8 Å². The van der Waals surface area contributed by atoms with E-state index in [2.05, 4.69) is 17.1 Å². The topological polar surface area (TPSA) is 40.8 Å². The van der Waals surface area contributed by atoms with Gasteiger partial charge >= 0.3 is 0 Å². The molecule has 2 heterocycles. The van der Waals surface area contributed by atoms with E-state index in [9.17, 15) is 0 Å². The van der Waals surface area contributed by atoms with Gasteiger partial charge < -0.3 is 14.6 Å². The fourth-order valence-electron chi connectivity index (χ4n) is 3.35. The first-order valence-electron chi connectivity index (χ1n) is 7.87. The van der Waals surface area contributed by atoms with Gasteiger partial charge in [-0.15, -0.1) is 0 Å². The number of aliphatic imine (C=N–C) groups is 1. The van der Waals surface area contributed by atoms with Crippen molar-refractivity contribution in [1.29, 1.82) is 0 Å². The van der Waals surface area contributed by atoms with Crippen molar-refractivity contribution < 1.29 is 4.42 Å². The van der Waals surface area contributed by atoms with Crippen LogP contribution in [0.4, 0.5) is 0 Å². The minimum absolute atomic E-state index is 0.622. The lowest BCUT2D eigenvalue weighted by Crippen LogP contribution is -2.42. The van der Waals surface area contributed by atoms with E-state index >= 15 is 0 Å². The number of furan rings is 1. The summed E-state index contributed by atoms with van der Waals surface area (Å²) in [7, 11) is 0. The molecule has 0 aromatic carbocycles. The summed E-state index contributed by atoms with van der Waals surface area (Å²) in [6, 6.07) is 3.95. The number of guanidine groups is 1. The molecular weight excluding hydrogens is 250 g/mol. The average Bonchev–Trinajstić information content (AvgIpc) is 3.06. The third kappa shape index (κ3) is 2.84. The van der Waals surface area contributed by atoms with Gasteiger partial charge in [0.15, 0.2) is 5.96 Å². The molecule has 1 aromatic heterocycles. The van der Waals surface area contributed by atoms with Crippen molar-refractivity contribution in [3.8, 4) is 0 Å². The maximum absolute atomic E-state index is 5.36. The van der Waals surface area contributed by atoms with E-state index in [0.717, 1.165) is 37.8 Å². The zero-order valence-electron chi connectivity index (χ0n) is 12.4. The highest BCUT2D eigenvalue weighted by molar-refractivity contribution is 5.80. The summed E-state index contributed by atoms with van der Waals surface area (Å²) < 4.78 is 5.36. The Morgan fingerprint density at radius 3 is 2.95 bits per heavy atom. The summed E-state index contributed by atoms with van der Waals surface area (Å²) in [5.74, 6) is 2.10. The second kappa shape index (κ2) is 5.90. The van der Waals surface area contributed by atoms with Gasteiger partial charge in [-0.1, -0.05) is 6.42 Å². The molecule has 1 N–H and O–H groups in total. The van der Waals surface area contributed by atoms with Crippen LogP contribution in [0.3, 0.4) is 0 Å². The summed E-state index contributed by atoms with van der Waals surface area (Å²) in [6.07, 6.45) is 8.19. The van der Waals surface area contributed by atoms with E-state index in [4.69, 9.17) is 9.41 Å². The lowest BCUT2D eigenvalue weighted by molar-refractivity contribution is 0.151. The van der Waals surface area contributed by atoms with Crippen LogP contribution in [0.1, 0.15) is 38.4 Å². The molecule has 1 saturated heterocycles. The van der Waals surface area contributed by atoms with Crippen LogP contribution in [-0.2, 0) is 6.42 Å². The molecule has 110 valence electrons. The highest BCUT2D eigenvalue weighted by Gasteiger charge is 2.43. The fraction of sp³-hybridized carbons (Fsp3) is 0.688. The zero-order valence-corrected chi connectivity index (χ0v) is 12.4. The Morgan fingerprint density at radius 2 is 2.35 bits per heavy atom. The van der Waals surface area contributed by atoms with Crippen molar-refractivity contribution in [2.45, 2.75) is 39.0 Å². The molecule has 4 nitrogen and oxygen atoms in total. The van der Waals surface area contributed by atoms with Crippen molar-refractivity contribution in [2.75, 3.05) is 26.2 Å². The van der Waals surface area contributed by atoms with Gasteiger partial charge in [-0.25, -0.2) is 0 Å². The normalized spacial score (nSPS) is 21.2. The first-order valence-corrected chi connectivity index (χ1v) is 7.87. The van der Waals surface area contributed by atoms with Gasteiger partial charge in [0.25, 0.3) is 0 Å². The number of hydrogen-bond donors (Lipinski definition) is 1. The Morgan fingerprint density at radius 1 is 1.45 bits per heavy atom. The minimum atomic E-state index is 0.622. The molecule has 0 bridgehead atoms. The van der Waals surface area contributed by atoms with Gasteiger partial charge in [0.2, 0.25) is 0 Å². The lowest BCUT2D eigenvalue weighted by Gasteiger charge is -2.38. The predicted octanol–water partition coefficient (Wildman–Crippen LogP) is 2.66. The van der Waals surface area contributed by atoms with Crippen molar-refractivity contribution in [2.24, 2.45) is 10.4 Å². The van der Waals surface area contributed by atoms with Crippen LogP contribution in [0, 0.1) is 5.41 Å². The van der Waals surface area contributed by atoms with Crippen LogP contribution in [0.2, 0.25) is 0 Å². The molecule has 0 amide bonds. The molecule has 1 aromatic rings. The van der Waals surface area contributed by atoms with Crippen LogP contribution in [0.25, 0.3) is 0 Å². The van der Waals surface area contributed by atoms with E-state index in [0.29, 0.717) is 5.41 Å². The van der Waals surface area contributed by atoms with E-state index in [1.54, 1.807) is 6.26 Å². The molecule has 2 aliphatic rings. The molecular formula is C16H25N3O. The maximum atomic E-state index is 5.36. The third-order valence-corrected chi connectivity index (χ3v) is 4.69. The Labute approximate surface area is 121 Å². The van der Waals surface area contributed by atoms with Gasteiger partial charge in [0.1, 0.15) is 5.76 Å². The molecule has 0 unspecified atom stereocenters. The van der Waals surface area contributed by atoms with Gasteiger partial charge in [-0.2, -0.15) is 0 Å². The number of rotatable bonds is 4. The fourth-order valence-corrected chi connectivity index (χ4v) is 3.35. The first-order chi connectivity index (χ1) is 9.81. The van der Waals surface area contributed by atoms with Gasteiger partial charge in [-0.05, 0) is 43.7 Å². The van der Waals surface area contributed by atoms with E-state index in [1.165, 1.54) is 32.2 Å². The summed E-state index contributed by atoms with van der Waals surface area (Å²) in [4.78, 5) is 7.21. The molecule has 20 heavy (non-hydrogen) atoms. The molecule has 1 spiro atoms. The van der Waals surface area contributed by atoms with Crippen molar-refractivity contribution in [1.82, 2.24) is 10.2 Å². The second-order valence-electron chi connectivity index (χ2n) is 6.09. The Kier molecular flexibility index (Phi) is 3.99. The van der Waals surface area contributed by atoms with Gasteiger partial charge in [-0.3, -0.25) is 4.99 Å². The molecule has 3 rings (SSSR count). The molecule has 1 aliphatic heterocycles.